The maximum Gasteiger partial charge on any atom is 0.230 e. The van der Waals surface area contributed by atoms with Crippen LogP contribution in [0.1, 0.15) is 11.3 Å². The highest BCUT2D eigenvalue weighted by atomic mass is 35.5. The zero-order valence-electron chi connectivity index (χ0n) is 14.6. The molecule has 1 amide bonds. The predicted molar refractivity (Wildman–Crippen MR) is 106 cm³/mol. The molecule has 5 nitrogen and oxygen atoms in total. The first-order chi connectivity index (χ1) is 13.0. The maximum absolute atomic E-state index is 13.8. The number of halogens is 3. The molecule has 2 aromatic carbocycles. The molecule has 0 aliphatic rings. The number of nitrogens with one attached hydrogen (secondary N) is 1. The van der Waals surface area contributed by atoms with Crippen LogP contribution < -0.4 is 10.1 Å². The van der Waals surface area contributed by atoms with E-state index in [4.69, 9.17) is 5.26 Å². The van der Waals surface area contributed by atoms with Gasteiger partial charge in [0.25, 0.3) is 0 Å². The molecule has 0 saturated heterocycles. The van der Waals surface area contributed by atoms with Gasteiger partial charge in [0.15, 0.2) is 10.6 Å². The molecule has 3 aromatic rings. The second kappa shape index (κ2) is 9.26. The topological polar surface area (TPSA) is 70.2 Å². The van der Waals surface area contributed by atoms with E-state index in [1.807, 2.05) is 6.07 Å². The van der Waals surface area contributed by atoms with Crippen LogP contribution in [-0.4, -0.2) is 10.5 Å². The first kappa shape index (κ1) is 21.3. The molecule has 9 heteroatoms. The van der Waals surface area contributed by atoms with Gasteiger partial charge in [0.05, 0.1) is 18.1 Å². The average molecular weight is 421 g/mol. The second-order valence-corrected chi connectivity index (χ2v) is 6.53. The van der Waals surface area contributed by atoms with Crippen molar-refractivity contribution in [2.75, 3.05) is 5.32 Å². The Bertz CT molecular complexity index is 1100. The minimum Gasteiger partial charge on any atom is -0.326 e. The molecule has 3 rings (SSSR count). The summed E-state index contributed by atoms with van der Waals surface area (Å²) in [5.41, 5.74) is 1.83. The highest BCUT2D eigenvalue weighted by molar-refractivity contribution is 7.07. The Morgan fingerprint density at radius 2 is 1.96 bits per heavy atom. The number of hydrogen-bond acceptors (Lipinski definition) is 4. The van der Waals surface area contributed by atoms with E-state index in [0.29, 0.717) is 21.7 Å². The third-order valence-corrected chi connectivity index (χ3v) is 4.75. The number of carbonyl (C=O) groups excluding carboxylic acids is 1. The van der Waals surface area contributed by atoms with Crippen LogP contribution in [0.4, 0.5) is 20.2 Å². The number of amides is 1. The van der Waals surface area contributed by atoms with Crippen LogP contribution in [0.2, 0.25) is 0 Å². The number of aromatic nitrogens is 1. The van der Waals surface area contributed by atoms with Crippen LogP contribution in [0.5, 0.6) is 0 Å². The van der Waals surface area contributed by atoms with E-state index >= 15 is 0 Å². The van der Waals surface area contributed by atoms with Gasteiger partial charge in [-0.05, 0) is 36.4 Å². The van der Waals surface area contributed by atoms with Crippen molar-refractivity contribution in [3.05, 3.63) is 75.5 Å². The fourth-order valence-electron chi connectivity index (χ4n) is 2.34. The number of carbonyl (C=O) groups is 1. The lowest BCUT2D eigenvalue weighted by atomic mass is 10.2. The van der Waals surface area contributed by atoms with Crippen molar-refractivity contribution in [1.29, 1.82) is 5.26 Å². The number of benzene rings is 2. The van der Waals surface area contributed by atoms with Crippen molar-refractivity contribution in [3.8, 4) is 6.07 Å². The molecule has 28 heavy (non-hydrogen) atoms. The van der Waals surface area contributed by atoms with Gasteiger partial charge in [-0.3, -0.25) is 4.79 Å². The van der Waals surface area contributed by atoms with E-state index in [0.717, 1.165) is 12.1 Å². The molecule has 0 atom stereocenters. The van der Waals surface area contributed by atoms with Gasteiger partial charge in [-0.2, -0.15) is 5.26 Å². The van der Waals surface area contributed by atoms with Crippen LogP contribution >= 0.6 is 23.7 Å². The average Bonchev–Trinajstić information content (AvgIpc) is 2.98. The summed E-state index contributed by atoms with van der Waals surface area (Å²) < 4.78 is 28.4. The van der Waals surface area contributed by atoms with Crippen LogP contribution in [0, 0.1) is 23.0 Å². The van der Waals surface area contributed by atoms with Crippen molar-refractivity contribution < 1.29 is 13.6 Å². The first-order valence-electron chi connectivity index (χ1n) is 7.89. The second-order valence-electron chi connectivity index (χ2n) is 5.69. The fourth-order valence-corrected chi connectivity index (χ4v) is 3.25. The third kappa shape index (κ3) is 5.03. The van der Waals surface area contributed by atoms with Gasteiger partial charge in [-0.25, -0.2) is 13.8 Å². The molecule has 0 bridgehead atoms. The summed E-state index contributed by atoms with van der Waals surface area (Å²) in [6.07, 6.45) is 0.106. The van der Waals surface area contributed by atoms with Crippen LogP contribution in [0.3, 0.4) is 0 Å². The largest absolute Gasteiger partial charge is 0.326 e. The summed E-state index contributed by atoms with van der Waals surface area (Å²) in [5, 5.41) is 13.3. The van der Waals surface area contributed by atoms with E-state index in [9.17, 15) is 13.6 Å². The summed E-state index contributed by atoms with van der Waals surface area (Å²) in [5.74, 6) is -1.64. The zero-order chi connectivity index (χ0) is 19.4. The van der Waals surface area contributed by atoms with Gasteiger partial charge in [0.1, 0.15) is 11.5 Å². The lowest BCUT2D eigenvalue weighted by Crippen LogP contribution is -2.19. The maximum atomic E-state index is 13.8. The Kier molecular flexibility index (Phi) is 7.04. The third-order valence-electron chi connectivity index (χ3n) is 3.78. The normalized spacial score (nSPS) is 10.9. The molecule has 0 saturated carbocycles. The van der Waals surface area contributed by atoms with Crippen LogP contribution in [-0.2, 0) is 18.3 Å². The van der Waals surface area contributed by atoms with E-state index < -0.39 is 11.6 Å². The standard InChI is InChI=1S/C19H14F2N4OS.ClH/c1-25-15(9-18(26)23-14-5-2-12(10-22)3-6-14)11-27-19(25)24-17-7-4-13(20)8-16(17)21;/h2-8,11H,9H2,1H3,(H,23,26);1H. The molecule has 0 fully saturated rings. The van der Waals surface area contributed by atoms with E-state index in [1.54, 1.807) is 41.3 Å². The Labute approximate surface area is 170 Å². The molecule has 0 aliphatic heterocycles. The highest BCUT2D eigenvalue weighted by Gasteiger charge is 2.10. The van der Waals surface area contributed by atoms with Gasteiger partial charge in [-0.15, -0.1) is 23.7 Å². The van der Waals surface area contributed by atoms with Crippen molar-refractivity contribution in [1.82, 2.24) is 4.57 Å². The monoisotopic (exact) mass is 420 g/mol. The van der Waals surface area contributed by atoms with Crippen molar-refractivity contribution in [3.63, 3.8) is 0 Å². The number of rotatable bonds is 4. The van der Waals surface area contributed by atoms with Crippen molar-refractivity contribution in [2.45, 2.75) is 6.42 Å². The Morgan fingerprint density at radius 3 is 2.61 bits per heavy atom. The molecule has 0 radical (unpaired) electrons. The highest BCUT2D eigenvalue weighted by Crippen LogP contribution is 2.18. The van der Waals surface area contributed by atoms with Crippen molar-refractivity contribution in [2.24, 2.45) is 12.0 Å². The fraction of sp³-hybridized carbons (Fsp3) is 0.105. The molecule has 144 valence electrons. The SMILES string of the molecule is Cl.Cn1c(CC(=O)Nc2ccc(C#N)cc2)csc1=Nc1ccc(F)cc1F. The first-order valence-corrected chi connectivity index (χ1v) is 8.77. The Balaban J connectivity index is 0.00000280. The zero-order valence-corrected chi connectivity index (χ0v) is 16.3. The predicted octanol–water partition coefficient (Wildman–Crippen LogP) is 4.07. The summed E-state index contributed by atoms with van der Waals surface area (Å²) in [7, 11) is 1.72. The minimum absolute atomic E-state index is 0. The lowest BCUT2D eigenvalue weighted by Gasteiger charge is -2.06. The van der Waals surface area contributed by atoms with Crippen LogP contribution in [0.25, 0.3) is 0 Å². The molecule has 1 aromatic heterocycles. The molecule has 0 aliphatic carbocycles. The summed E-state index contributed by atoms with van der Waals surface area (Å²) >= 11 is 1.26. The molecule has 1 N–H and O–H groups in total. The smallest absolute Gasteiger partial charge is 0.230 e. The number of nitrogens with zero attached hydrogens (tertiary/aromatic N) is 3. The number of anilines is 1. The number of thiazole rings is 1. The molecule has 0 unspecified atom stereocenters. The van der Waals surface area contributed by atoms with E-state index in [-0.39, 0.29) is 30.4 Å². The summed E-state index contributed by atoms with van der Waals surface area (Å²) in [6.45, 7) is 0. The lowest BCUT2D eigenvalue weighted by molar-refractivity contribution is -0.115. The molecular weight excluding hydrogens is 406 g/mol. The summed E-state index contributed by atoms with van der Waals surface area (Å²) in [6, 6.07) is 11.7. The number of nitriles is 1. The van der Waals surface area contributed by atoms with Gasteiger partial charge >= 0.3 is 0 Å². The molecule has 1 heterocycles. The molecular formula is C19H15ClF2N4OS. The Hall–Kier alpha value is -3.02. The summed E-state index contributed by atoms with van der Waals surface area (Å²) in [4.78, 5) is 16.9. The van der Waals surface area contributed by atoms with Gasteiger partial charge < -0.3 is 9.88 Å². The Morgan fingerprint density at radius 1 is 1.25 bits per heavy atom. The minimum atomic E-state index is -0.747. The van der Waals surface area contributed by atoms with Crippen molar-refractivity contribution >= 4 is 41.0 Å². The quantitative estimate of drug-likeness (QED) is 0.691. The van der Waals surface area contributed by atoms with Gasteiger partial charge in [0, 0.05) is 29.9 Å². The van der Waals surface area contributed by atoms with E-state index in [1.165, 1.54) is 17.4 Å². The van der Waals surface area contributed by atoms with Gasteiger partial charge in [-0.1, -0.05) is 0 Å². The van der Waals surface area contributed by atoms with Crippen LogP contribution in [0.15, 0.2) is 52.8 Å². The number of hydrogen-bond donors (Lipinski definition) is 1. The van der Waals surface area contributed by atoms with Gasteiger partial charge in [0.2, 0.25) is 5.91 Å². The molecule has 0 spiro atoms. The van der Waals surface area contributed by atoms with E-state index in [2.05, 4.69) is 10.3 Å².